The number of para-hydroxylation sites is 2. The number of rotatable bonds is 9. The monoisotopic (exact) mass is 504 g/mol. The summed E-state index contributed by atoms with van der Waals surface area (Å²) in [7, 11) is 4.71. The molecule has 10 nitrogen and oxygen atoms in total. The highest BCUT2D eigenvalue weighted by molar-refractivity contribution is 5.78. The van der Waals surface area contributed by atoms with Crippen molar-refractivity contribution in [3.05, 3.63) is 59.6 Å². The molecule has 0 atom stereocenters. The van der Waals surface area contributed by atoms with E-state index in [9.17, 15) is 10.1 Å². The molecule has 0 radical (unpaired) electrons. The van der Waals surface area contributed by atoms with Crippen molar-refractivity contribution < 1.29 is 28.2 Å². The van der Waals surface area contributed by atoms with Crippen LogP contribution >= 0.6 is 0 Å². The highest BCUT2D eigenvalue weighted by Gasteiger charge is 2.26. The second-order valence-corrected chi connectivity index (χ2v) is 8.07. The van der Waals surface area contributed by atoms with Gasteiger partial charge >= 0.3 is 0 Å². The zero-order valence-corrected chi connectivity index (χ0v) is 21.0. The molecule has 0 unspecified atom stereocenters. The molecule has 3 aromatic rings. The first-order chi connectivity index (χ1) is 18.1. The van der Waals surface area contributed by atoms with Crippen LogP contribution in [0.4, 0.5) is 5.88 Å². The maximum absolute atomic E-state index is 12.7. The van der Waals surface area contributed by atoms with E-state index in [1.54, 1.807) is 44.4 Å². The lowest BCUT2D eigenvalue weighted by atomic mass is 10.2. The standard InChI is InChI=1S/C27H28N4O6/c1-33-21-6-4-5-7-23(21)36-18-26(32)30-12-14-31(15-13-30)27-20(17-28)29-25(37-27)11-9-19-8-10-22(34-2)24(16-19)35-3/h4-11,16H,12-15,18H2,1-3H3/b11-9+. The molecule has 0 saturated carbocycles. The summed E-state index contributed by atoms with van der Waals surface area (Å²) < 4.78 is 27.4. The van der Waals surface area contributed by atoms with Crippen LogP contribution in [-0.4, -0.2) is 69.9 Å². The molecule has 192 valence electrons. The van der Waals surface area contributed by atoms with Gasteiger partial charge in [-0.15, -0.1) is 0 Å². The number of oxazole rings is 1. The Morgan fingerprint density at radius 2 is 1.65 bits per heavy atom. The van der Waals surface area contributed by atoms with Gasteiger partial charge in [-0.2, -0.15) is 10.2 Å². The lowest BCUT2D eigenvalue weighted by molar-refractivity contribution is -0.133. The van der Waals surface area contributed by atoms with Gasteiger partial charge in [-0.05, 0) is 35.9 Å². The van der Waals surface area contributed by atoms with Crippen molar-refractivity contribution >= 4 is 23.9 Å². The minimum atomic E-state index is -0.123. The first-order valence-corrected chi connectivity index (χ1v) is 11.7. The van der Waals surface area contributed by atoms with E-state index in [2.05, 4.69) is 11.1 Å². The van der Waals surface area contributed by atoms with Gasteiger partial charge in [0.1, 0.15) is 6.07 Å². The number of ether oxygens (including phenoxy) is 4. The van der Waals surface area contributed by atoms with Gasteiger partial charge in [0, 0.05) is 32.3 Å². The van der Waals surface area contributed by atoms with Gasteiger partial charge < -0.3 is 33.2 Å². The number of piperazine rings is 1. The predicted octanol–water partition coefficient (Wildman–Crippen LogP) is 3.47. The van der Waals surface area contributed by atoms with E-state index in [1.165, 1.54) is 0 Å². The number of nitrogens with zero attached hydrogens (tertiary/aromatic N) is 4. The van der Waals surface area contributed by atoms with Gasteiger partial charge in [-0.3, -0.25) is 4.79 Å². The van der Waals surface area contributed by atoms with E-state index in [0.29, 0.717) is 61.0 Å². The summed E-state index contributed by atoms with van der Waals surface area (Å²) in [6.45, 7) is 1.86. The molecule has 2 aromatic carbocycles. The molecule has 1 amide bonds. The topological polar surface area (TPSA) is 110 Å². The van der Waals surface area contributed by atoms with Gasteiger partial charge in [-0.25, -0.2) is 0 Å². The van der Waals surface area contributed by atoms with Crippen molar-refractivity contribution in [3.63, 3.8) is 0 Å². The molecule has 1 aromatic heterocycles. The Bertz CT molecular complexity index is 1300. The van der Waals surface area contributed by atoms with Crippen LogP contribution in [0.25, 0.3) is 12.2 Å². The van der Waals surface area contributed by atoms with E-state index < -0.39 is 0 Å². The molecule has 10 heteroatoms. The fraction of sp³-hybridized carbons (Fsp3) is 0.296. The Morgan fingerprint density at radius 1 is 0.973 bits per heavy atom. The molecule has 0 aliphatic carbocycles. The molecule has 0 N–H and O–H groups in total. The quantitative estimate of drug-likeness (QED) is 0.432. The highest BCUT2D eigenvalue weighted by atomic mass is 16.5. The normalized spacial score (nSPS) is 13.4. The molecule has 0 spiro atoms. The Labute approximate surface area is 215 Å². The first kappa shape index (κ1) is 25.4. The van der Waals surface area contributed by atoms with Crippen LogP contribution < -0.4 is 23.8 Å². The van der Waals surface area contributed by atoms with Crippen molar-refractivity contribution in [1.29, 1.82) is 5.26 Å². The molecule has 4 rings (SSSR count). The van der Waals surface area contributed by atoms with E-state index in [4.69, 9.17) is 23.4 Å². The highest BCUT2D eigenvalue weighted by Crippen LogP contribution is 2.29. The maximum atomic E-state index is 12.7. The molecule has 0 bridgehead atoms. The molecule has 1 fully saturated rings. The summed E-state index contributed by atoms with van der Waals surface area (Å²) in [5, 5.41) is 9.59. The number of amides is 1. The molecular formula is C27H28N4O6. The number of aromatic nitrogens is 1. The SMILES string of the molecule is COc1ccc(/C=C/c2nc(C#N)c(N3CCN(C(=O)COc4ccccc4OC)CC3)o2)cc1OC. The molecule has 1 aliphatic rings. The number of carbonyl (C=O) groups is 1. The number of carbonyl (C=O) groups excluding carboxylic acids is 1. The van der Waals surface area contributed by atoms with E-state index in [-0.39, 0.29) is 18.2 Å². The lowest BCUT2D eigenvalue weighted by Gasteiger charge is -2.34. The zero-order valence-electron chi connectivity index (χ0n) is 21.0. The summed E-state index contributed by atoms with van der Waals surface area (Å²) in [5.41, 5.74) is 1.06. The predicted molar refractivity (Wildman–Crippen MR) is 137 cm³/mol. The molecule has 1 saturated heterocycles. The van der Waals surface area contributed by atoms with Crippen LogP contribution in [-0.2, 0) is 4.79 Å². The second-order valence-electron chi connectivity index (χ2n) is 8.07. The van der Waals surface area contributed by atoms with Crippen LogP contribution in [0.1, 0.15) is 17.1 Å². The summed E-state index contributed by atoms with van der Waals surface area (Å²) in [5.74, 6) is 2.92. The summed E-state index contributed by atoms with van der Waals surface area (Å²) in [4.78, 5) is 20.6. The fourth-order valence-electron chi connectivity index (χ4n) is 3.94. The average Bonchev–Trinajstić information content (AvgIpc) is 3.38. The van der Waals surface area contributed by atoms with Crippen LogP contribution in [0.3, 0.4) is 0 Å². The van der Waals surface area contributed by atoms with E-state index >= 15 is 0 Å². The van der Waals surface area contributed by atoms with Gasteiger partial charge in [-0.1, -0.05) is 18.2 Å². The Morgan fingerprint density at radius 3 is 2.32 bits per heavy atom. The minimum absolute atomic E-state index is 0.0861. The largest absolute Gasteiger partial charge is 0.493 e. The summed E-state index contributed by atoms with van der Waals surface area (Å²) in [6.07, 6.45) is 3.51. The number of anilines is 1. The molecule has 2 heterocycles. The van der Waals surface area contributed by atoms with Gasteiger partial charge in [0.05, 0.1) is 21.3 Å². The average molecular weight is 505 g/mol. The van der Waals surface area contributed by atoms with Crippen LogP contribution in [0, 0.1) is 11.3 Å². The summed E-state index contributed by atoms with van der Waals surface area (Å²) >= 11 is 0. The van der Waals surface area contributed by atoms with Crippen molar-refractivity contribution in [1.82, 2.24) is 9.88 Å². The van der Waals surface area contributed by atoms with Crippen molar-refractivity contribution in [2.75, 3.05) is 59.0 Å². The number of nitriles is 1. The maximum Gasteiger partial charge on any atom is 0.260 e. The zero-order chi connectivity index (χ0) is 26.2. The third-order valence-electron chi connectivity index (χ3n) is 5.90. The number of methoxy groups -OCH3 is 3. The lowest BCUT2D eigenvalue weighted by Crippen LogP contribution is -2.50. The smallest absolute Gasteiger partial charge is 0.260 e. The number of hydrogen-bond donors (Lipinski definition) is 0. The van der Waals surface area contributed by atoms with Gasteiger partial charge in [0.25, 0.3) is 5.91 Å². The molecule has 1 aliphatic heterocycles. The molecule has 37 heavy (non-hydrogen) atoms. The van der Waals surface area contributed by atoms with Crippen LogP contribution in [0.2, 0.25) is 0 Å². The van der Waals surface area contributed by atoms with Gasteiger partial charge in [0.15, 0.2) is 29.6 Å². The van der Waals surface area contributed by atoms with Gasteiger partial charge in [0.2, 0.25) is 17.5 Å². The molecular weight excluding hydrogens is 476 g/mol. The van der Waals surface area contributed by atoms with E-state index in [1.807, 2.05) is 41.3 Å². The van der Waals surface area contributed by atoms with Crippen molar-refractivity contribution in [3.8, 4) is 29.1 Å². The fourth-order valence-corrected chi connectivity index (χ4v) is 3.94. The summed E-state index contributed by atoms with van der Waals surface area (Å²) in [6, 6.07) is 14.8. The second kappa shape index (κ2) is 11.9. The minimum Gasteiger partial charge on any atom is -0.493 e. The Hall–Kier alpha value is -4.65. The Kier molecular flexibility index (Phi) is 8.15. The van der Waals surface area contributed by atoms with Crippen molar-refractivity contribution in [2.45, 2.75) is 0 Å². The third-order valence-corrected chi connectivity index (χ3v) is 5.90. The van der Waals surface area contributed by atoms with Crippen LogP contribution in [0.15, 0.2) is 46.9 Å². The Balaban J connectivity index is 1.36. The number of hydrogen-bond acceptors (Lipinski definition) is 9. The third kappa shape index (κ3) is 5.95. The van der Waals surface area contributed by atoms with E-state index in [0.717, 1.165) is 5.56 Å². The first-order valence-electron chi connectivity index (χ1n) is 11.7. The number of benzene rings is 2. The van der Waals surface area contributed by atoms with Crippen molar-refractivity contribution in [2.24, 2.45) is 0 Å². The van der Waals surface area contributed by atoms with Crippen LogP contribution in [0.5, 0.6) is 23.0 Å².